The van der Waals surface area contributed by atoms with Crippen molar-refractivity contribution in [3.63, 3.8) is 0 Å². The predicted octanol–water partition coefficient (Wildman–Crippen LogP) is 3.89. The normalized spacial score (nSPS) is 9.89. The Labute approximate surface area is 103 Å². The number of nitriles is 1. The minimum absolute atomic E-state index is 0.190. The van der Waals surface area contributed by atoms with Crippen molar-refractivity contribution in [2.45, 2.75) is 6.92 Å². The number of anilines is 2. The number of nitrogens with zero attached hydrogens (tertiary/aromatic N) is 1. The molecule has 0 saturated heterocycles. The highest BCUT2D eigenvalue weighted by atomic mass is 19.1. The van der Waals surface area contributed by atoms with Crippen molar-refractivity contribution in [2.24, 2.45) is 0 Å². The molecule has 0 bridgehead atoms. The number of benzene rings is 2. The van der Waals surface area contributed by atoms with E-state index in [9.17, 15) is 8.78 Å². The summed E-state index contributed by atoms with van der Waals surface area (Å²) < 4.78 is 26.9. The summed E-state index contributed by atoms with van der Waals surface area (Å²) in [7, 11) is 0. The van der Waals surface area contributed by atoms with Crippen LogP contribution < -0.4 is 5.32 Å². The topological polar surface area (TPSA) is 35.8 Å². The molecule has 2 nitrogen and oxygen atoms in total. The van der Waals surface area contributed by atoms with Crippen LogP contribution in [0.25, 0.3) is 0 Å². The molecule has 0 aliphatic heterocycles. The van der Waals surface area contributed by atoms with Gasteiger partial charge in [0.1, 0.15) is 17.3 Å². The molecule has 0 spiro atoms. The Kier molecular flexibility index (Phi) is 3.24. The fourth-order valence-electron chi connectivity index (χ4n) is 1.63. The number of rotatable bonds is 2. The van der Waals surface area contributed by atoms with Crippen LogP contribution in [-0.4, -0.2) is 0 Å². The molecule has 0 heterocycles. The first kappa shape index (κ1) is 12.1. The molecule has 0 fully saturated rings. The van der Waals surface area contributed by atoms with E-state index in [2.05, 4.69) is 5.32 Å². The standard InChI is InChI=1S/C14H10F2N2/c1-9-7-10(8-17)5-6-13(9)18-14-11(15)3-2-4-12(14)16/h2-7,18H,1H3. The minimum Gasteiger partial charge on any atom is -0.351 e. The van der Waals surface area contributed by atoms with E-state index >= 15 is 0 Å². The summed E-state index contributed by atoms with van der Waals surface area (Å²) >= 11 is 0. The third-order valence-electron chi connectivity index (χ3n) is 2.58. The van der Waals surface area contributed by atoms with Gasteiger partial charge < -0.3 is 5.32 Å². The third kappa shape index (κ3) is 2.30. The summed E-state index contributed by atoms with van der Waals surface area (Å²) in [6, 6.07) is 10.6. The second kappa shape index (κ2) is 4.84. The van der Waals surface area contributed by atoms with E-state index in [4.69, 9.17) is 5.26 Å². The largest absolute Gasteiger partial charge is 0.351 e. The van der Waals surface area contributed by atoms with E-state index < -0.39 is 11.6 Å². The lowest BCUT2D eigenvalue weighted by Crippen LogP contribution is -1.99. The van der Waals surface area contributed by atoms with Gasteiger partial charge in [-0.3, -0.25) is 0 Å². The summed E-state index contributed by atoms with van der Waals surface area (Å²) in [5, 5.41) is 11.4. The third-order valence-corrected chi connectivity index (χ3v) is 2.58. The smallest absolute Gasteiger partial charge is 0.149 e. The number of para-hydroxylation sites is 1. The second-order valence-corrected chi connectivity index (χ2v) is 3.86. The Hall–Kier alpha value is -2.41. The summed E-state index contributed by atoms with van der Waals surface area (Å²) in [5.41, 5.74) is 1.63. The van der Waals surface area contributed by atoms with Crippen molar-refractivity contribution in [1.29, 1.82) is 5.26 Å². The zero-order chi connectivity index (χ0) is 13.1. The van der Waals surface area contributed by atoms with E-state index in [1.165, 1.54) is 18.2 Å². The van der Waals surface area contributed by atoms with Gasteiger partial charge in [0.05, 0.1) is 11.6 Å². The van der Waals surface area contributed by atoms with E-state index in [1.807, 2.05) is 6.07 Å². The number of hydrogen-bond donors (Lipinski definition) is 1. The molecule has 2 rings (SSSR count). The van der Waals surface area contributed by atoms with E-state index in [0.29, 0.717) is 11.3 Å². The van der Waals surface area contributed by atoms with Crippen molar-refractivity contribution in [2.75, 3.05) is 5.32 Å². The molecule has 0 atom stereocenters. The average molecular weight is 244 g/mol. The first-order valence-corrected chi connectivity index (χ1v) is 5.33. The number of hydrogen-bond acceptors (Lipinski definition) is 2. The van der Waals surface area contributed by atoms with Gasteiger partial charge in [-0.15, -0.1) is 0 Å². The molecule has 1 N–H and O–H groups in total. The maximum Gasteiger partial charge on any atom is 0.149 e. The first-order chi connectivity index (χ1) is 8.61. The van der Waals surface area contributed by atoms with Crippen molar-refractivity contribution in [3.8, 4) is 6.07 Å². The molecule has 0 aromatic heterocycles. The Bertz CT molecular complexity index is 610. The SMILES string of the molecule is Cc1cc(C#N)ccc1Nc1c(F)cccc1F. The molecular formula is C14H10F2N2. The first-order valence-electron chi connectivity index (χ1n) is 5.33. The molecule has 0 aliphatic rings. The van der Waals surface area contributed by atoms with Crippen LogP contribution in [0, 0.1) is 29.9 Å². The Morgan fingerprint density at radius 1 is 1.11 bits per heavy atom. The molecule has 4 heteroatoms. The quantitative estimate of drug-likeness (QED) is 0.869. The van der Waals surface area contributed by atoms with Crippen LogP contribution in [0.4, 0.5) is 20.2 Å². The zero-order valence-electron chi connectivity index (χ0n) is 9.67. The highest BCUT2D eigenvalue weighted by molar-refractivity contribution is 5.65. The van der Waals surface area contributed by atoms with Gasteiger partial charge in [-0.25, -0.2) is 8.78 Å². The maximum atomic E-state index is 13.5. The van der Waals surface area contributed by atoms with E-state index in [-0.39, 0.29) is 5.69 Å². The van der Waals surface area contributed by atoms with Crippen LogP contribution in [0.3, 0.4) is 0 Å². The summed E-state index contributed by atoms with van der Waals surface area (Å²) in [4.78, 5) is 0. The van der Waals surface area contributed by atoms with Crippen LogP contribution in [0.15, 0.2) is 36.4 Å². The summed E-state index contributed by atoms with van der Waals surface area (Å²) in [5.74, 6) is -1.31. The van der Waals surface area contributed by atoms with Crippen molar-refractivity contribution < 1.29 is 8.78 Å². The van der Waals surface area contributed by atoms with Gasteiger partial charge in [0.15, 0.2) is 0 Å². The Morgan fingerprint density at radius 3 is 2.33 bits per heavy atom. The van der Waals surface area contributed by atoms with Crippen molar-refractivity contribution in [1.82, 2.24) is 0 Å². The van der Waals surface area contributed by atoms with Crippen molar-refractivity contribution in [3.05, 3.63) is 59.2 Å². The average Bonchev–Trinajstić information content (AvgIpc) is 2.35. The second-order valence-electron chi connectivity index (χ2n) is 3.86. The van der Waals surface area contributed by atoms with E-state index in [1.54, 1.807) is 25.1 Å². The highest BCUT2D eigenvalue weighted by Gasteiger charge is 2.09. The van der Waals surface area contributed by atoms with Gasteiger partial charge in [0.2, 0.25) is 0 Å². The van der Waals surface area contributed by atoms with Crippen molar-refractivity contribution >= 4 is 11.4 Å². The van der Waals surface area contributed by atoms with Gasteiger partial charge in [-0.05, 0) is 42.8 Å². The van der Waals surface area contributed by atoms with Crippen LogP contribution in [0.2, 0.25) is 0 Å². The lowest BCUT2D eigenvalue weighted by atomic mass is 10.1. The fourth-order valence-corrected chi connectivity index (χ4v) is 1.63. The molecule has 0 saturated carbocycles. The molecule has 2 aromatic carbocycles. The number of halogens is 2. The molecule has 0 amide bonds. The molecule has 90 valence electrons. The van der Waals surface area contributed by atoms with Gasteiger partial charge in [0, 0.05) is 5.69 Å². The molecule has 0 radical (unpaired) electrons. The summed E-state index contributed by atoms with van der Waals surface area (Å²) in [6.07, 6.45) is 0. The lowest BCUT2D eigenvalue weighted by Gasteiger charge is -2.11. The van der Waals surface area contributed by atoms with Crippen LogP contribution in [-0.2, 0) is 0 Å². The minimum atomic E-state index is -0.654. The monoisotopic (exact) mass is 244 g/mol. The van der Waals surface area contributed by atoms with Gasteiger partial charge >= 0.3 is 0 Å². The molecule has 18 heavy (non-hydrogen) atoms. The number of aryl methyl sites for hydroxylation is 1. The predicted molar refractivity (Wildman–Crippen MR) is 65.5 cm³/mol. The van der Waals surface area contributed by atoms with E-state index in [0.717, 1.165) is 5.56 Å². The van der Waals surface area contributed by atoms with Crippen LogP contribution in [0.1, 0.15) is 11.1 Å². The molecule has 2 aromatic rings. The maximum absolute atomic E-state index is 13.5. The van der Waals surface area contributed by atoms with Crippen LogP contribution >= 0.6 is 0 Å². The number of nitrogens with one attached hydrogen (secondary N) is 1. The fraction of sp³-hybridized carbons (Fsp3) is 0.0714. The van der Waals surface area contributed by atoms with Gasteiger partial charge in [-0.1, -0.05) is 6.07 Å². The zero-order valence-corrected chi connectivity index (χ0v) is 9.67. The van der Waals surface area contributed by atoms with Gasteiger partial charge in [-0.2, -0.15) is 5.26 Å². The Morgan fingerprint density at radius 2 is 1.78 bits per heavy atom. The summed E-state index contributed by atoms with van der Waals surface area (Å²) in [6.45, 7) is 1.77. The molecular weight excluding hydrogens is 234 g/mol. The lowest BCUT2D eigenvalue weighted by molar-refractivity contribution is 0.591. The molecule has 0 aliphatic carbocycles. The molecule has 0 unspecified atom stereocenters. The van der Waals surface area contributed by atoms with Crippen LogP contribution in [0.5, 0.6) is 0 Å². The highest BCUT2D eigenvalue weighted by Crippen LogP contribution is 2.25. The Balaban J connectivity index is 2.38. The van der Waals surface area contributed by atoms with Gasteiger partial charge in [0.25, 0.3) is 0 Å².